The van der Waals surface area contributed by atoms with E-state index >= 15 is 0 Å². The predicted molar refractivity (Wildman–Crippen MR) is 72.2 cm³/mol. The van der Waals surface area contributed by atoms with Crippen molar-refractivity contribution in [1.82, 2.24) is 4.90 Å². The average Bonchev–Trinajstić information content (AvgIpc) is 3.06. The fraction of sp³-hybridized carbons (Fsp3) is 0.714. The summed E-state index contributed by atoms with van der Waals surface area (Å²) in [7, 11) is 0. The van der Waals surface area contributed by atoms with Crippen molar-refractivity contribution in [2.45, 2.75) is 59.4 Å². The van der Waals surface area contributed by atoms with Gasteiger partial charge < -0.3 is 4.90 Å². The highest BCUT2D eigenvalue weighted by Crippen LogP contribution is 2.28. The summed E-state index contributed by atoms with van der Waals surface area (Å²) in [4.78, 5) is 18.4. The van der Waals surface area contributed by atoms with Crippen LogP contribution in [-0.4, -0.2) is 29.1 Å². The van der Waals surface area contributed by atoms with Gasteiger partial charge in [0.05, 0.1) is 0 Å². The molecule has 0 saturated heterocycles. The maximum Gasteiger partial charge on any atom is 0.226 e. The van der Waals surface area contributed by atoms with Gasteiger partial charge in [-0.25, -0.2) is 0 Å². The SMILES string of the molecule is CCCN(C(=O)C/C(C)=C/N=C(C)C)C1CC1. The van der Waals surface area contributed by atoms with Crippen molar-refractivity contribution < 1.29 is 4.79 Å². The number of carbonyl (C=O) groups excluding carboxylic acids is 1. The first-order valence-corrected chi connectivity index (χ1v) is 6.50. The smallest absolute Gasteiger partial charge is 0.226 e. The first-order chi connectivity index (χ1) is 8.04. The molecule has 3 nitrogen and oxygen atoms in total. The van der Waals surface area contributed by atoms with Crippen molar-refractivity contribution >= 4 is 11.6 Å². The van der Waals surface area contributed by atoms with Gasteiger partial charge in [0.1, 0.15) is 0 Å². The third kappa shape index (κ3) is 5.16. The summed E-state index contributed by atoms with van der Waals surface area (Å²) in [6.07, 6.45) is 5.72. The lowest BCUT2D eigenvalue weighted by molar-refractivity contribution is -0.131. The third-order valence-electron chi connectivity index (χ3n) is 2.75. The minimum atomic E-state index is 0.257. The maximum absolute atomic E-state index is 12.1. The second kappa shape index (κ2) is 6.58. The molecule has 1 aliphatic rings. The summed E-state index contributed by atoms with van der Waals surface area (Å²) in [5.74, 6) is 0.257. The highest BCUT2D eigenvalue weighted by molar-refractivity contribution is 5.81. The molecule has 3 heteroatoms. The van der Waals surface area contributed by atoms with E-state index < -0.39 is 0 Å². The number of nitrogens with zero attached hydrogens (tertiary/aromatic N) is 2. The van der Waals surface area contributed by atoms with Crippen molar-refractivity contribution in [3.63, 3.8) is 0 Å². The van der Waals surface area contributed by atoms with E-state index in [0.717, 1.165) is 24.3 Å². The summed E-state index contributed by atoms with van der Waals surface area (Å²) in [5.41, 5.74) is 2.06. The fourth-order valence-corrected chi connectivity index (χ4v) is 1.76. The molecule has 1 fully saturated rings. The lowest BCUT2D eigenvalue weighted by Crippen LogP contribution is -2.33. The van der Waals surface area contributed by atoms with Gasteiger partial charge in [-0.1, -0.05) is 6.92 Å². The molecule has 1 rings (SSSR count). The topological polar surface area (TPSA) is 32.7 Å². The number of amides is 1. The Morgan fingerprint density at radius 2 is 2.00 bits per heavy atom. The van der Waals surface area contributed by atoms with Crippen LogP contribution in [0.25, 0.3) is 0 Å². The molecule has 0 radical (unpaired) electrons. The van der Waals surface area contributed by atoms with Gasteiger partial charge in [0, 0.05) is 30.9 Å². The molecular formula is C14H24N2O. The van der Waals surface area contributed by atoms with Crippen LogP contribution < -0.4 is 0 Å². The van der Waals surface area contributed by atoms with Crippen LogP contribution >= 0.6 is 0 Å². The van der Waals surface area contributed by atoms with Crippen LogP contribution in [0.4, 0.5) is 0 Å². The summed E-state index contributed by atoms with van der Waals surface area (Å²) < 4.78 is 0. The third-order valence-corrected chi connectivity index (χ3v) is 2.75. The summed E-state index contributed by atoms with van der Waals surface area (Å²) in [5, 5.41) is 0. The number of hydrogen-bond acceptors (Lipinski definition) is 2. The summed E-state index contributed by atoms with van der Waals surface area (Å²) >= 11 is 0. The van der Waals surface area contributed by atoms with Gasteiger partial charge >= 0.3 is 0 Å². The van der Waals surface area contributed by atoms with Gasteiger partial charge in [0.15, 0.2) is 0 Å². The van der Waals surface area contributed by atoms with E-state index in [4.69, 9.17) is 0 Å². The first kappa shape index (κ1) is 13.9. The molecule has 0 unspecified atom stereocenters. The maximum atomic E-state index is 12.1. The second-order valence-corrected chi connectivity index (χ2v) is 5.05. The highest BCUT2D eigenvalue weighted by Gasteiger charge is 2.31. The van der Waals surface area contributed by atoms with Crippen molar-refractivity contribution in [1.29, 1.82) is 0 Å². The molecule has 96 valence electrons. The van der Waals surface area contributed by atoms with Crippen LogP contribution in [0.1, 0.15) is 53.4 Å². The number of rotatable bonds is 6. The molecule has 0 heterocycles. The molecule has 0 aliphatic heterocycles. The molecule has 0 atom stereocenters. The van der Waals surface area contributed by atoms with Crippen LogP contribution in [0.3, 0.4) is 0 Å². The molecule has 0 aromatic carbocycles. The average molecular weight is 236 g/mol. The highest BCUT2D eigenvalue weighted by atomic mass is 16.2. The Labute approximate surface area is 105 Å². The van der Waals surface area contributed by atoms with E-state index in [1.807, 2.05) is 31.9 Å². The molecule has 1 saturated carbocycles. The Balaban J connectivity index is 2.51. The second-order valence-electron chi connectivity index (χ2n) is 5.05. The molecule has 0 spiro atoms. The summed E-state index contributed by atoms with van der Waals surface area (Å²) in [6.45, 7) is 8.91. The van der Waals surface area contributed by atoms with E-state index in [9.17, 15) is 4.79 Å². The van der Waals surface area contributed by atoms with Crippen LogP contribution in [0.15, 0.2) is 16.8 Å². The Bertz CT molecular complexity index is 323. The minimum Gasteiger partial charge on any atom is -0.339 e. The monoisotopic (exact) mass is 236 g/mol. The molecule has 1 aliphatic carbocycles. The van der Waals surface area contributed by atoms with E-state index in [1.165, 1.54) is 12.8 Å². The van der Waals surface area contributed by atoms with Gasteiger partial charge in [-0.15, -0.1) is 0 Å². The van der Waals surface area contributed by atoms with Crippen molar-refractivity contribution in [2.75, 3.05) is 6.54 Å². The van der Waals surface area contributed by atoms with Gasteiger partial charge in [-0.3, -0.25) is 9.79 Å². The molecular weight excluding hydrogens is 212 g/mol. The van der Waals surface area contributed by atoms with Crippen LogP contribution in [0, 0.1) is 0 Å². The van der Waals surface area contributed by atoms with Crippen molar-refractivity contribution in [2.24, 2.45) is 4.99 Å². The van der Waals surface area contributed by atoms with Gasteiger partial charge in [-0.2, -0.15) is 0 Å². The first-order valence-electron chi connectivity index (χ1n) is 6.50. The molecule has 0 aromatic heterocycles. The van der Waals surface area contributed by atoms with Gasteiger partial charge in [0.25, 0.3) is 0 Å². The normalized spacial score (nSPS) is 15.6. The van der Waals surface area contributed by atoms with E-state index in [0.29, 0.717) is 12.5 Å². The predicted octanol–water partition coefficient (Wildman–Crippen LogP) is 3.16. The van der Waals surface area contributed by atoms with Gasteiger partial charge in [-0.05, 0) is 45.6 Å². The minimum absolute atomic E-state index is 0.257. The number of carbonyl (C=O) groups is 1. The van der Waals surface area contributed by atoms with Crippen LogP contribution in [0.5, 0.6) is 0 Å². The Morgan fingerprint density at radius 1 is 1.35 bits per heavy atom. The Morgan fingerprint density at radius 3 is 2.47 bits per heavy atom. The summed E-state index contributed by atoms with van der Waals surface area (Å²) in [6, 6.07) is 0.520. The fourth-order valence-electron chi connectivity index (χ4n) is 1.76. The number of aliphatic imine (C=N–C) groups is 1. The standard InChI is InChI=1S/C14H24N2O/c1-5-8-16(13-6-7-13)14(17)9-12(4)10-15-11(2)3/h10,13H,5-9H2,1-4H3/b12-10+. The van der Waals surface area contributed by atoms with Gasteiger partial charge in [0.2, 0.25) is 5.91 Å². The largest absolute Gasteiger partial charge is 0.339 e. The van der Waals surface area contributed by atoms with E-state index in [1.54, 1.807) is 0 Å². The van der Waals surface area contributed by atoms with E-state index in [2.05, 4.69) is 11.9 Å². The molecule has 17 heavy (non-hydrogen) atoms. The molecule has 0 bridgehead atoms. The van der Waals surface area contributed by atoms with Crippen LogP contribution in [0.2, 0.25) is 0 Å². The van der Waals surface area contributed by atoms with E-state index in [-0.39, 0.29) is 5.91 Å². The zero-order chi connectivity index (χ0) is 12.8. The van der Waals surface area contributed by atoms with Crippen LogP contribution in [-0.2, 0) is 4.79 Å². The Kier molecular flexibility index (Phi) is 5.39. The lowest BCUT2D eigenvalue weighted by atomic mass is 10.2. The zero-order valence-electron chi connectivity index (χ0n) is 11.5. The molecule has 1 amide bonds. The lowest BCUT2D eigenvalue weighted by Gasteiger charge is -2.21. The quantitative estimate of drug-likeness (QED) is 0.652. The van der Waals surface area contributed by atoms with Crippen molar-refractivity contribution in [3.8, 4) is 0 Å². The van der Waals surface area contributed by atoms with Crippen molar-refractivity contribution in [3.05, 3.63) is 11.8 Å². The molecule has 0 N–H and O–H groups in total. The zero-order valence-corrected chi connectivity index (χ0v) is 11.5. The number of hydrogen-bond donors (Lipinski definition) is 0. The molecule has 0 aromatic rings. The Hall–Kier alpha value is -1.12.